The number of fused-ring (bicyclic) bond motifs is 6. The van der Waals surface area contributed by atoms with Gasteiger partial charge in [0.2, 0.25) is 0 Å². The molecule has 4 atom stereocenters. The third-order valence-corrected chi connectivity index (χ3v) is 9.06. The van der Waals surface area contributed by atoms with Gasteiger partial charge in [0.15, 0.2) is 0 Å². The Morgan fingerprint density at radius 3 is 1.30 bits per heavy atom. The minimum absolute atomic E-state index is 0.325. The maximum absolute atomic E-state index is 2.50. The van der Waals surface area contributed by atoms with Crippen molar-refractivity contribution >= 4 is 22.7 Å². The van der Waals surface area contributed by atoms with E-state index in [2.05, 4.69) is 157 Å². The van der Waals surface area contributed by atoms with Crippen molar-refractivity contribution in [2.24, 2.45) is 0 Å². The molecule has 0 radical (unpaired) electrons. The fourth-order valence-corrected chi connectivity index (χ4v) is 7.21. The molecule has 8 rings (SSSR count). The van der Waals surface area contributed by atoms with Gasteiger partial charge in [0, 0.05) is 34.6 Å². The molecule has 4 unspecified atom stereocenters. The second-order valence-electron chi connectivity index (χ2n) is 11.5. The van der Waals surface area contributed by atoms with Crippen LogP contribution >= 0.6 is 0 Å². The summed E-state index contributed by atoms with van der Waals surface area (Å²) >= 11 is 0. The summed E-state index contributed by atoms with van der Waals surface area (Å²) in [6.45, 7) is 4.39. The molecule has 0 saturated carbocycles. The first kappa shape index (κ1) is 23.3. The van der Waals surface area contributed by atoms with Crippen molar-refractivity contribution in [2.45, 2.75) is 37.8 Å². The van der Waals surface area contributed by atoms with E-state index >= 15 is 0 Å². The Kier molecular flexibility index (Phi) is 5.25. The van der Waals surface area contributed by atoms with Gasteiger partial charge in [-0.1, -0.05) is 108 Å². The van der Waals surface area contributed by atoms with Crippen molar-refractivity contribution in [3.05, 3.63) is 156 Å². The van der Waals surface area contributed by atoms with E-state index in [1.165, 1.54) is 56.1 Å². The number of benzene rings is 4. The number of anilines is 4. The standard InChI is InChI=1S/C38H32N2/c1-25-11-21-37-33(23-25)31-7-3-5-9-35(31)39(37)29-17-13-27(14-18-29)28-15-19-30(20-16-28)40-36-10-6-4-8-32(36)34-24-26(2)12-22-38(34)40/h3-24,33-34,37-38H,1-2H3. The van der Waals surface area contributed by atoms with Crippen molar-refractivity contribution in [1.82, 2.24) is 0 Å². The van der Waals surface area contributed by atoms with Gasteiger partial charge in [-0.05, 0) is 72.5 Å². The maximum atomic E-state index is 2.50. The molecule has 0 bridgehead atoms. The lowest BCUT2D eigenvalue weighted by molar-refractivity contribution is 0.738. The minimum atomic E-state index is 0.325. The first-order valence-electron chi connectivity index (χ1n) is 14.4. The smallest absolute Gasteiger partial charge is 0.0629 e. The minimum Gasteiger partial charge on any atom is -0.333 e. The summed E-state index contributed by atoms with van der Waals surface area (Å²) in [4.78, 5) is 5.00. The second kappa shape index (κ2) is 8.99. The number of nitrogens with zero attached hydrogens (tertiary/aromatic N) is 2. The number of rotatable bonds is 3. The highest BCUT2D eigenvalue weighted by molar-refractivity contribution is 5.79. The quantitative estimate of drug-likeness (QED) is 0.267. The molecule has 0 amide bonds. The van der Waals surface area contributed by atoms with Gasteiger partial charge in [-0.15, -0.1) is 0 Å². The molecular formula is C38H32N2. The molecule has 0 spiro atoms. The Labute approximate surface area is 236 Å². The van der Waals surface area contributed by atoms with Gasteiger partial charge in [-0.25, -0.2) is 0 Å². The Morgan fingerprint density at radius 2 is 0.875 bits per heavy atom. The predicted molar refractivity (Wildman–Crippen MR) is 168 cm³/mol. The highest BCUT2D eigenvalue weighted by Crippen LogP contribution is 2.49. The topological polar surface area (TPSA) is 6.48 Å². The van der Waals surface area contributed by atoms with Crippen molar-refractivity contribution in [3.63, 3.8) is 0 Å². The number of hydrogen-bond donors (Lipinski definition) is 0. The molecule has 2 aliphatic heterocycles. The van der Waals surface area contributed by atoms with Crippen LogP contribution in [0.1, 0.15) is 36.8 Å². The van der Waals surface area contributed by atoms with Crippen LogP contribution in [-0.2, 0) is 0 Å². The Morgan fingerprint density at radius 1 is 0.475 bits per heavy atom. The van der Waals surface area contributed by atoms with Gasteiger partial charge >= 0.3 is 0 Å². The van der Waals surface area contributed by atoms with Crippen LogP contribution in [0.4, 0.5) is 22.7 Å². The molecule has 0 N–H and O–H groups in total. The van der Waals surface area contributed by atoms with Gasteiger partial charge in [0.1, 0.15) is 0 Å². The third kappa shape index (κ3) is 3.56. The van der Waals surface area contributed by atoms with E-state index < -0.39 is 0 Å². The number of para-hydroxylation sites is 2. The van der Waals surface area contributed by atoms with Crippen molar-refractivity contribution in [3.8, 4) is 11.1 Å². The van der Waals surface area contributed by atoms with Crippen LogP contribution in [0.2, 0.25) is 0 Å². The average molecular weight is 517 g/mol. The van der Waals surface area contributed by atoms with Gasteiger partial charge in [-0.2, -0.15) is 0 Å². The second-order valence-corrected chi connectivity index (χ2v) is 11.5. The molecule has 194 valence electrons. The van der Waals surface area contributed by atoms with Crippen LogP contribution in [-0.4, -0.2) is 12.1 Å². The first-order chi connectivity index (χ1) is 19.7. The van der Waals surface area contributed by atoms with Crippen molar-refractivity contribution < 1.29 is 0 Å². The van der Waals surface area contributed by atoms with Gasteiger partial charge < -0.3 is 9.80 Å². The van der Waals surface area contributed by atoms with E-state index in [0.29, 0.717) is 23.9 Å². The van der Waals surface area contributed by atoms with E-state index in [1.54, 1.807) is 0 Å². The summed E-state index contributed by atoms with van der Waals surface area (Å²) in [6.07, 6.45) is 14.1. The molecule has 4 aromatic carbocycles. The molecule has 2 nitrogen and oxygen atoms in total. The van der Waals surface area contributed by atoms with Crippen LogP contribution in [0.5, 0.6) is 0 Å². The number of allylic oxidation sites excluding steroid dienone is 4. The average Bonchev–Trinajstić information content (AvgIpc) is 3.50. The Hall–Kier alpha value is -4.56. The van der Waals surface area contributed by atoms with Crippen molar-refractivity contribution in [2.75, 3.05) is 9.80 Å². The highest BCUT2D eigenvalue weighted by atomic mass is 15.2. The van der Waals surface area contributed by atoms with E-state index in [0.717, 1.165) is 0 Å². The molecule has 2 aliphatic carbocycles. The highest BCUT2D eigenvalue weighted by Gasteiger charge is 2.38. The molecule has 0 aromatic heterocycles. The maximum Gasteiger partial charge on any atom is 0.0629 e. The van der Waals surface area contributed by atoms with Crippen LogP contribution in [0.15, 0.2) is 145 Å². The van der Waals surface area contributed by atoms with Crippen molar-refractivity contribution in [1.29, 1.82) is 0 Å². The molecule has 2 heterocycles. The molecule has 40 heavy (non-hydrogen) atoms. The summed E-state index contributed by atoms with van der Waals surface area (Å²) in [5.41, 5.74) is 13.1. The van der Waals surface area contributed by atoms with Crippen LogP contribution in [0.3, 0.4) is 0 Å². The summed E-state index contributed by atoms with van der Waals surface area (Å²) < 4.78 is 0. The van der Waals surface area contributed by atoms with E-state index in [4.69, 9.17) is 0 Å². The monoisotopic (exact) mass is 516 g/mol. The lowest BCUT2D eigenvalue weighted by Gasteiger charge is -2.30. The van der Waals surface area contributed by atoms with E-state index in [9.17, 15) is 0 Å². The zero-order chi connectivity index (χ0) is 26.8. The van der Waals surface area contributed by atoms with Gasteiger partial charge in [0.05, 0.1) is 12.1 Å². The molecule has 4 aliphatic rings. The SMILES string of the molecule is CC1=CC2c3ccccc3N(c3ccc(-c4ccc(N5c6ccccc6C6C=C(C)C=CC65)cc4)cc3)C2C=C1. The molecule has 2 heteroatoms. The lowest BCUT2D eigenvalue weighted by Crippen LogP contribution is -2.28. The lowest BCUT2D eigenvalue weighted by atomic mass is 9.89. The first-order valence-corrected chi connectivity index (χ1v) is 14.4. The summed E-state index contributed by atoms with van der Waals surface area (Å²) in [5.74, 6) is 0.810. The summed E-state index contributed by atoms with van der Waals surface area (Å²) in [6, 6.07) is 36.6. The Balaban J connectivity index is 1.09. The summed E-state index contributed by atoms with van der Waals surface area (Å²) in [5, 5.41) is 0. The predicted octanol–water partition coefficient (Wildman–Crippen LogP) is 9.59. The third-order valence-electron chi connectivity index (χ3n) is 9.06. The molecule has 0 fully saturated rings. The largest absolute Gasteiger partial charge is 0.333 e. The van der Waals surface area contributed by atoms with Crippen LogP contribution in [0, 0.1) is 0 Å². The fourth-order valence-electron chi connectivity index (χ4n) is 7.21. The molecule has 0 saturated heterocycles. The summed E-state index contributed by atoms with van der Waals surface area (Å²) in [7, 11) is 0. The zero-order valence-electron chi connectivity index (χ0n) is 22.9. The normalized spacial score (nSPS) is 23.8. The van der Waals surface area contributed by atoms with E-state index in [-0.39, 0.29) is 0 Å². The molecular weight excluding hydrogens is 484 g/mol. The van der Waals surface area contributed by atoms with Crippen LogP contribution < -0.4 is 9.80 Å². The van der Waals surface area contributed by atoms with Crippen LogP contribution in [0.25, 0.3) is 11.1 Å². The number of hydrogen-bond acceptors (Lipinski definition) is 2. The van der Waals surface area contributed by atoms with Gasteiger partial charge in [-0.3, -0.25) is 0 Å². The fraction of sp³-hybridized carbons (Fsp3) is 0.158. The van der Waals surface area contributed by atoms with E-state index in [1.807, 2.05) is 0 Å². The zero-order valence-corrected chi connectivity index (χ0v) is 22.9. The van der Waals surface area contributed by atoms with Gasteiger partial charge in [0.25, 0.3) is 0 Å². The molecule has 4 aromatic rings. The Bertz CT molecular complexity index is 1600.